The maximum atomic E-state index is 13.0. The van der Waals surface area contributed by atoms with Gasteiger partial charge in [0.1, 0.15) is 0 Å². The Kier molecular flexibility index (Phi) is 3.47. The van der Waals surface area contributed by atoms with Gasteiger partial charge in [0.25, 0.3) is 11.8 Å². The lowest BCUT2D eigenvalue weighted by Gasteiger charge is -2.31. The van der Waals surface area contributed by atoms with Gasteiger partial charge >= 0.3 is 0 Å². The molecule has 0 saturated heterocycles. The summed E-state index contributed by atoms with van der Waals surface area (Å²) < 4.78 is 0. The third-order valence-corrected chi connectivity index (χ3v) is 4.09. The summed E-state index contributed by atoms with van der Waals surface area (Å²) >= 11 is 0. The average molecular weight is 329 g/mol. The van der Waals surface area contributed by atoms with Crippen molar-refractivity contribution >= 4 is 28.9 Å². The molecule has 5 heteroatoms. The molecule has 3 aromatic rings. The predicted molar refractivity (Wildman–Crippen MR) is 96.4 cm³/mol. The number of nitrogens with zero attached hydrogens (tertiary/aromatic N) is 2. The molecule has 1 aliphatic heterocycles. The van der Waals surface area contributed by atoms with Crippen molar-refractivity contribution in [3.05, 3.63) is 90.0 Å². The van der Waals surface area contributed by atoms with Crippen molar-refractivity contribution in [2.45, 2.75) is 0 Å². The van der Waals surface area contributed by atoms with Crippen molar-refractivity contribution < 1.29 is 9.59 Å². The first-order chi connectivity index (χ1) is 12.2. The van der Waals surface area contributed by atoms with Gasteiger partial charge in [0, 0.05) is 5.69 Å². The van der Waals surface area contributed by atoms with Gasteiger partial charge in [-0.2, -0.15) is 5.01 Å². The third-order valence-electron chi connectivity index (χ3n) is 4.09. The number of benzene rings is 3. The summed E-state index contributed by atoms with van der Waals surface area (Å²) in [6.07, 6.45) is 0. The molecule has 2 N–H and O–H groups in total. The summed E-state index contributed by atoms with van der Waals surface area (Å²) in [6.45, 7) is 0. The minimum absolute atomic E-state index is 0.321. The van der Waals surface area contributed by atoms with Crippen molar-refractivity contribution in [1.82, 2.24) is 5.01 Å². The molecule has 0 atom stereocenters. The summed E-state index contributed by atoms with van der Waals surface area (Å²) in [5.41, 5.74) is 8.35. The molecular weight excluding hydrogens is 314 g/mol. The highest BCUT2D eigenvalue weighted by Gasteiger charge is 2.40. The third kappa shape index (κ3) is 2.42. The Labute approximate surface area is 144 Å². The van der Waals surface area contributed by atoms with Gasteiger partial charge in [-0.1, -0.05) is 36.4 Å². The molecule has 1 aliphatic rings. The number of nitrogens with two attached hydrogens (primary N) is 1. The van der Waals surface area contributed by atoms with E-state index < -0.39 is 0 Å². The van der Waals surface area contributed by atoms with Crippen molar-refractivity contribution in [2.75, 3.05) is 10.7 Å². The van der Waals surface area contributed by atoms with Crippen LogP contribution in [0, 0.1) is 0 Å². The number of para-hydroxylation sites is 2. The molecule has 122 valence electrons. The summed E-state index contributed by atoms with van der Waals surface area (Å²) in [5, 5.41) is 2.79. The zero-order chi connectivity index (χ0) is 17.4. The predicted octanol–water partition coefficient (Wildman–Crippen LogP) is 3.62. The molecule has 0 unspecified atom stereocenters. The number of carbonyl (C=O) groups excluding carboxylic acids is 2. The minimum Gasteiger partial charge on any atom is -0.399 e. The second-order valence-electron chi connectivity index (χ2n) is 5.71. The van der Waals surface area contributed by atoms with E-state index in [4.69, 9.17) is 5.73 Å². The number of amides is 2. The van der Waals surface area contributed by atoms with Gasteiger partial charge in [-0.15, -0.1) is 0 Å². The molecule has 0 aromatic heterocycles. The van der Waals surface area contributed by atoms with Gasteiger partial charge in [0.05, 0.1) is 22.5 Å². The molecule has 0 saturated carbocycles. The second kappa shape index (κ2) is 5.79. The normalized spacial score (nSPS) is 13.0. The minimum atomic E-state index is -0.389. The molecular formula is C20H15N3O2. The van der Waals surface area contributed by atoms with Crippen LogP contribution >= 0.6 is 0 Å². The average Bonchev–Trinajstić information content (AvgIpc) is 2.88. The van der Waals surface area contributed by atoms with E-state index in [1.54, 1.807) is 23.2 Å². The Morgan fingerprint density at radius 2 is 1.20 bits per heavy atom. The monoisotopic (exact) mass is 329 g/mol. The first-order valence-electron chi connectivity index (χ1n) is 7.85. The van der Waals surface area contributed by atoms with Crippen LogP contribution in [-0.2, 0) is 0 Å². The van der Waals surface area contributed by atoms with Gasteiger partial charge in [-0.25, -0.2) is 5.01 Å². The molecule has 25 heavy (non-hydrogen) atoms. The van der Waals surface area contributed by atoms with Crippen molar-refractivity contribution in [1.29, 1.82) is 0 Å². The molecule has 2 amide bonds. The molecule has 0 bridgehead atoms. The molecule has 0 aliphatic carbocycles. The van der Waals surface area contributed by atoms with Gasteiger partial charge < -0.3 is 5.73 Å². The Morgan fingerprint density at radius 3 is 1.76 bits per heavy atom. The summed E-state index contributed by atoms with van der Waals surface area (Å²) in [4.78, 5) is 25.9. The van der Waals surface area contributed by atoms with E-state index in [1.807, 2.05) is 60.7 Å². The SMILES string of the molecule is Nc1ccc2c(c1)C(=O)N(N(c1ccccc1)c1ccccc1)C2=O. The van der Waals surface area contributed by atoms with E-state index in [0.29, 0.717) is 16.8 Å². The number of nitrogen functional groups attached to an aromatic ring is 1. The fourth-order valence-corrected chi connectivity index (χ4v) is 2.95. The van der Waals surface area contributed by atoms with Crippen molar-refractivity contribution in [2.24, 2.45) is 0 Å². The lowest BCUT2D eigenvalue weighted by molar-refractivity contribution is 0.0654. The van der Waals surface area contributed by atoms with E-state index in [1.165, 1.54) is 0 Å². The lowest BCUT2D eigenvalue weighted by atomic mass is 10.1. The van der Waals surface area contributed by atoms with Crippen LogP contribution < -0.4 is 10.7 Å². The van der Waals surface area contributed by atoms with Crippen LogP contribution in [0.2, 0.25) is 0 Å². The fourth-order valence-electron chi connectivity index (χ4n) is 2.95. The number of hydrogen-bond donors (Lipinski definition) is 1. The Hall–Kier alpha value is -3.60. The van der Waals surface area contributed by atoms with E-state index in [-0.39, 0.29) is 11.8 Å². The Morgan fingerprint density at radius 1 is 0.680 bits per heavy atom. The number of hydrazine groups is 1. The topological polar surface area (TPSA) is 66.6 Å². The standard InChI is InChI=1S/C20H15N3O2/c21-14-11-12-17-18(13-14)20(25)23(19(17)24)22(15-7-3-1-4-8-15)16-9-5-2-6-10-16/h1-13H,21H2. The van der Waals surface area contributed by atoms with E-state index in [2.05, 4.69) is 0 Å². The fraction of sp³-hybridized carbons (Fsp3) is 0. The maximum Gasteiger partial charge on any atom is 0.281 e. The summed E-state index contributed by atoms with van der Waals surface area (Å²) in [6, 6.07) is 23.4. The molecule has 3 aromatic carbocycles. The van der Waals surface area contributed by atoms with Crippen LogP contribution in [0.25, 0.3) is 0 Å². The highest BCUT2D eigenvalue weighted by molar-refractivity contribution is 6.23. The van der Waals surface area contributed by atoms with E-state index in [9.17, 15) is 9.59 Å². The van der Waals surface area contributed by atoms with E-state index >= 15 is 0 Å². The first-order valence-corrected chi connectivity index (χ1v) is 7.85. The lowest BCUT2D eigenvalue weighted by Crippen LogP contribution is -2.43. The second-order valence-corrected chi connectivity index (χ2v) is 5.71. The number of anilines is 3. The zero-order valence-electron chi connectivity index (χ0n) is 13.3. The van der Waals surface area contributed by atoms with Crippen LogP contribution in [0.15, 0.2) is 78.9 Å². The Balaban J connectivity index is 1.87. The van der Waals surface area contributed by atoms with Crippen LogP contribution in [0.4, 0.5) is 17.1 Å². The smallest absolute Gasteiger partial charge is 0.281 e. The van der Waals surface area contributed by atoms with Gasteiger partial charge in [-0.05, 0) is 42.5 Å². The molecule has 0 fully saturated rings. The van der Waals surface area contributed by atoms with E-state index in [0.717, 1.165) is 16.4 Å². The molecule has 5 nitrogen and oxygen atoms in total. The molecule has 1 heterocycles. The quantitative estimate of drug-likeness (QED) is 0.589. The maximum absolute atomic E-state index is 13.0. The van der Waals surface area contributed by atoms with Crippen LogP contribution in [-0.4, -0.2) is 16.8 Å². The number of imide groups is 1. The zero-order valence-corrected chi connectivity index (χ0v) is 13.3. The highest BCUT2D eigenvalue weighted by atomic mass is 16.2. The molecule has 0 radical (unpaired) electrons. The Bertz CT molecular complexity index is 916. The van der Waals surface area contributed by atoms with Crippen LogP contribution in [0.5, 0.6) is 0 Å². The number of hydrogen-bond acceptors (Lipinski definition) is 4. The first kappa shape index (κ1) is 15.0. The summed E-state index contributed by atoms with van der Waals surface area (Å²) in [5.74, 6) is -0.757. The number of fused-ring (bicyclic) bond motifs is 1. The molecule has 0 spiro atoms. The van der Waals surface area contributed by atoms with Gasteiger partial charge in [0.15, 0.2) is 0 Å². The number of carbonyl (C=O) groups is 2. The van der Waals surface area contributed by atoms with Crippen molar-refractivity contribution in [3.8, 4) is 0 Å². The van der Waals surface area contributed by atoms with Gasteiger partial charge in [-0.3, -0.25) is 9.59 Å². The number of rotatable bonds is 3. The van der Waals surface area contributed by atoms with Gasteiger partial charge in [0.2, 0.25) is 0 Å². The van der Waals surface area contributed by atoms with Crippen LogP contribution in [0.1, 0.15) is 20.7 Å². The summed E-state index contributed by atoms with van der Waals surface area (Å²) in [7, 11) is 0. The van der Waals surface area contributed by atoms with Crippen LogP contribution in [0.3, 0.4) is 0 Å². The van der Waals surface area contributed by atoms with Crippen molar-refractivity contribution in [3.63, 3.8) is 0 Å². The molecule has 4 rings (SSSR count). The highest BCUT2D eigenvalue weighted by Crippen LogP contribution is 2.33. The largest absolute Gasteiger partial charge is 0.399 e.